The van der Waals surface area contributed by atoms with Crippen LogP contribution in [-0.4, -0.2) is 38.0 Å². The molecule has 0 bridgehead atoms. The number of rotatable bonds is 4. The van der Waals surface area contributed by atoms with Crippen molar-refractivity contribution in [3.63, 3.8) is 0 Å². The molecule has 2 unspecified atom stereocenters. The predicted octanol–water partition coefficient (Wildman–Crippen LogP) is 6.17. The molecule has 40 heavy (non-hydrogen) atoms. The van der Waals surface area contributed by atoms with E-state index in [-0.39, 0.29) is 38.0 Å². The Hall–Kier alpha value is -3.94. The van der Waals surface area contributed by atoms with Gasteiger partial charge in [0.05, 0.1) is 0 Å². The lowest BCUT2D eigenvalue weighted by Crippen LogP contribution is -2.29. The molecule has 0 radical (unpaired) electrons. The smallest absolute Gasteiger partial charge is 0.184 e. The van der Waals surface area contributed by atoms with E-state index in [9.17, 15) is 9.59 Å². The molecule has 204 valence electrons. The van der Waals surface area contributed by atoms with Gasteiger partial charge in [0.15, 0.2) is 11.6 Å². The molecule has 1 aliphatic heterocycles. The van der Waals surface area contributed by atoms with Gasteiger partial charge < -0.3 is 18.9 Å². The Bertz CT molecular complexity index is 1130. The molecule has 0 aliphatic carbocycles. The normalized spacial score (nSPS) is 23.3. The molecule has 1 saturated heterocycles. The van der Waals surface area contributed by atoms with Crippen LogP contribution in [0.3, 0.4) is 0 Å². The van der Waals surface area contributed by atoms with Crippen molar-refractivity contribution in [1.82, 2.24) is 0 Å². The highest BCUT2D eigenvalue weighted by atomic mass is 16.6. The van der Waals surface area contributed by atoms with Crippen molar-refractivity contribution in [2.75, 3.05) is 26.4 Å². The summed E-state index contributed by atoms with van der Waals surface area (Å²) >= 11 is 0. The molecule has 4 aromatic rings. The predicted molar refractivity (Wildman–Crippen MR) is 151 cm³/mol. The van der Waals surface area contributed by atoms with Gasteiger partial charge >= 0.3 is 0 Å². The van der Waals surface area contributed by atoms with Gasteiger partial charge in [-0.15, -0.1) is 0 Å². The highest BCUT2D eigenvalue weighted by Gasteiger charge is 2.31. The van der Waals surface area contributed by atoms with Gasteiger partial charge in [-0.05, 0) is 22.3 Å². The third kappa shape index (κ3) is 7.17. The van der Waals surface area contributed by atoms with Crippen molar-refractivity contribution in [3.05, 3.63) is 144 Å². The quantitative estimate of drug-likeness (QED) is 0.311. The highest BCUT2D eigenvalue weighted by molar-refractivity contribution is 5.81. The number of ether oxygens (including phenoxy) is 4. The minimum absolute atomic E-state index is 0.182. The van der Waals surface area contributed by atoms with Gasteiger partial charge in [0.2, 0.25) is 0 Å². The monoisotopic (exact) mass is 536 g/mol. The third-order valence-corrected chi connectivity index (χ3v) is 6.76. The standard InChI is InChI=1S/C34H32O6/c35-29-21-37-31(25-13-5-1-6-14-25)32(26-15-7-2-8-16-26)38-22-30(36)24-40-34(28-19-11-4-12-20-28)33(39-23-29)27-17-9-3-10-18-27/h1-20,31-34H,21-24H2/t31-,32?,33?,34-/m0/s1. The molecule has 0 spiro atoms. The first-order valence-electron chi connectivity index (χ1n) is 13.4. The fraction of sp³-hybridized carbons (Fsp3) is 0.235. The van der Waals surface area contributed by atoms with Crippen LogP contribution in [-0.2, 0) is 28.5 Å². The lowest BCUT2D eigenvalue weighted by molar-refractivity contribution is -0.154. The number of benzene rings is 4. The summed E-state index contributed by atoms with van der Waals surface area (Å²) in [5.41, 5.74) is 3.36. The van der Waals surface area contributed by atoms with Crippen molar-refractivity contribution in [2.45, 2.75) is 24.4 Å². The molecule has 0 aromatic heterocycles. The Labute approximate surface area is 234 Å². The maximum Gasteiger partial charge on any atom is 0.184 e. The summed E-state index contributed by atoms with van der Waals surface area (Å²) in [4.78, 5) is 26.3. The summed E-state index contributed by atoms with van der Waals surface area (Å²) in [6.07, 6.45) is -2.48. The number of hydrogen-bond acceptors (Lipinski definition) is 6. The number of carbonyl (C=O) groups excluding carboxylic acids is 2. The van der Waals surface area contributed by atoms with Crippen LogP contribution >= 0.6 is 0 Å². The number of carbonyl (C=O) groups is 2. The van der Waals surface area contributed by atoms with Gasteiger partial charge in [-0.1, -0.05) is 121 Å². The van der Waals surface area contributed by atoms with Crippen LogP contribution < -0.4 is 0 Å². The topological polar surface area (TPSA) is 71.1 Å². The molecule has 0 amide bonds. The number of ketones is 2. The average Bonchev–Trinajstić information content (AvgIpc) is 3.01. The molecule has 6 heteroatoms. The van der Waals surface area contributed by atoms with E-state index in [1.165, 1.54) is 0 Å². The summed E-state index contributed by atoms with van der Waals surface area (Å²) in [6, 6.07) is 38.3. The minimum atomic E-state index is -0.619. The maximum absolute atomic E-state index is 13.2. The minimum Gasteiger partial charge on any atom is -0.363 e. The second-order valence-corrected chi connectivity index (χ2v) is 9.65. The van der Waals surface area contributed by atoms with Gasteiger partial charge in [-0.2, -0.15) is 0 Å². The van der Waals surface area contributed by atoms with Crippen molar-refractivity contribution in [3.8, 4) is 0 Å². The zero-order valence-electron chi connectivity index (χ0n) is 22.1. The van der Waals surface area contributed by atoms with E-state index in [0.29, 0.717) is 0 Å². The van der Waals surface area contributed by atoms with E-state index in [1.54, 1.807) is 0 Å². The van der Waals surface area contributed by atoms with E-state index in [1.807, 2.05) is 121 Å². The van der Waals surface area contributed by atoms with Crippen LogP contribution in [0, 0.1) is 0 Å². The van der Waals surface area contributed by atoms with Gasteiger partial charge in [0, 0.05) is 0 Å². The van der Waals surface area contributed by atoms with Crippen molar-refractivity contribution in [1.29, 1.82) is 0 Å². The third-order valence-electron chi connectivity index (χ3n) is 6.76. The van der Waals surface area contributed by atoms with Crippen molar-refractivity contribution < 1.29 is 28.5 Å². The molecular formula is C34H32O6. The van der Waals surface area contributed by atoms with Crippen LogP contribution in [0.1, 0.15) is 46.7 Å². The zero-order valence-corrected chi connectivity index (χ0v) is 22.1. The Kier molecular flexibility index (Phi) is 9.61. The van der Waals surface area contributed by atoms with E-state index in [2.05, 4.69) is 0 Å². The average molecular weight is 537 g/mol. The summed E-state index contributed by atoms with van der Waals surface area (Å²) in [5.74, 6) is -0.428. The van der Waals surface area contributed by atoms with Crippen LogP contribution in [0.5, 0.6) is 0 Å². The van der Waals surface area contributed by atoms with E-state index in [0.717, 1.165) is 22.3 Å². The van der Waals surface area contributed by atoms with Crippen LogP contribution in [0.4, 0.5) is 0 Å². The van der Waals surface area contributed by atoms with Gasteiger partial charge in [-0.3, -0.25) is 9.59 Å². The van der Waals surface area contributed by atoms with Gasteiger partial charge in [-0.25, -0.2) is 0 Å². The fourth-order valence-electron chi connectivity index (χ4n) is 4.82. The summed E-state index contributed by atoms with van der Waals surface area (Å²) in [7, 11) is 0. The molecule has 1 heterocycles. The summed E-state index contributed by atoms with van der Waals surface area (Å²) in [6.45, 7) is -0.728. The Morgan fingerprint density at radius 3 is 0.750 bits per heavy atom. The van der Waals surface area contributed by atoms with Crippen LogP contribution in [0.15, 0.2) is 121 Å². The SMILES string of the molecule is O=C1COC(c2ccccc2)[C@H](c2ccccc2)OCC(=O)COC(c2ccccc2)[C@H](c2ccccc2)OC1. The Balaban J connectivity index is 1.47. The Morgan fingerprint density at radius 1 is 0.350 bits per heavy atom. The van der Waals surface area contributed by atoms with E-state index >= 15 is 0 Å². The molecule has 0 N–H and O–H groups in total. The lowest BCUT2D eigenvalue weighted by Gasteiger charge is -2.30. The molecule has 0 saturated carbocycles. The first kappa shape index (κ1) is 27.6. The fourth-order valence-corrected chi connectivity index (χ4v) is 4.82. The number of Topliss-reactive ketones (excluding diaryl/α,β-unsaturated/α-hetero) is 2. The molecule has 6 nitrogen and oxygen atoms in total. The van der Waals surface area contributed by atoms with E-state index < -0.39 is 24.4 Å². The largest absolute Gasteiger partial charge is 0.363 e. The van der Waals surface area contributed by atoms with Crippen LogP contribution in [0.25, 0.3) is 0 Å². The van der Waals surface area contributed by atoms with Crippen LogP contribution in [0.2, 0.25) is 0 Å². The molecular weight excluding hydrogens is 504 g/mol. The first-order chi connectivity index (χ1) is 19.7. The van der Waals surface area contributed by atoms with Gasteiger partial charge in [0.1, 0.15) is 50.8 Å². The zero-order chi connectivity index (χ0) is 27.6. The second kappa shape index (κ2) is 13.9. The van der Waals surface area contributed by atoms with E-state index in [4.69, 9.17) is 18.9 Å². The molecule has 4 aromatic carbocycles. The highest BCUT2D eigenvalue weighted by Crippen LogP contribution is 2.37. The molecule has 5 rings (SSSR count). The Morgan fingerprint density at radius 2 is 0.550 bits per heavy atom. The summed E-state index contributed by atoms with van der Waals surface area (Å²) < 4.78 is 25.0. The van der Waals surface area contributed by atoms with Crippen molar-refractivity contribution >= 4 is 11.6 Å². The second-order valence-electron chi connectivity index (χ2n) is 9.65. The van der Waals surface area contributed by atoms with Gasteiger partial charge in [0.25, 0.3) is 0 Å². The van der Waals surface area contributed by atoms with Crippen molar-refractivity contribution in [2.24, 2.45) is 0 Å². The number of hydrogen-bond donors (Lipinski definition) is 0. The molecule has 4 atom stereocenters. The first-order valence-corrected chi connectivity index (χ1v) is 13.4. The molecule has 1 aliphatic rings. The summed E-state index contributed by atoms with van der Waals surface area (Å²) in [5, 5.41) is 0. The maximum atomic E-state index is 13.2. The molecule has 1 fully saturated rings. The lowest BCUT2D eigenvalue weighted by atomic mass is 9.97.